The lowest BCUT2D eigenvalue weighted by Gasteiger charge is -2.25. The molecule has 1 N–H and O–H groups in total. The molecule has 0 fully saturated rings. The highest BCUT2D eigenvalue weighted by Gasteiger charge is 2.17. The number of nitrogens with one attached hydrogen (secondary N) is 1. The Bertz CT molecular complexity index is 1360. The molecule has 0 saturated heterocycles. The van der Waals surface area contributed by atoms with Gasteiger partial charge in [-0.3, -0.25) is 43.0 Å². The fraction of sp³-hybridized carbons (Fsp3) is 0.194. The number of nitrogens with zero attached hydrogens (tertiary/aromatic N) is 1. The molecule has 2 aromatic carbocycles. The van der Waals surface area contributed by atoms with E-state index in [1.165, 1.54) is 18.7 Å². The summed E-state index contributed by atoms with van der Waals surface area (Å²) in [4.78, 5) is 34.3. The molecule has 0 atom stereocenters. The average molecular weight is 549 g/mol. The van der Waals surface area contributed by atoms with Crippen LogP contribution in [0.3, 0.4) is 0 Å². The third kappa shape index (κ3) is 15.5. The van der Waals surface area contributed by atoms with Crippen LogP contribution in [0, 0.1) is 62.2 Å². The second-order valence-electron chi connectivity index (χ2n) is 7.66. The molecule has 0 heterocycles. The molecule has 2 rings (SSSR count). The third-order valence-electron chi connectivity index (χ3n) is 4.57. The quantitative estimate of drug-likeness (QED) is 0.251. The van der Waals surface area contributed by atoms with Crippen LogP contribution in [0.25, 0.3) is 0 Å². The fourth-order valence-electron chi connectivity index (χ4n) is 2.89. The number of benzene rings is 2. The van der Waals surface area contributed by atoms with Crippen LogP contribution in [0.4, 0.5) is 5.69 Å². The van der Waals surface area contributed by atoms with E-state index in [-0.39, 0.29) is 43.8 Å². The zero-order valence-corrected chi connectivity index (χ0v) is 23.0. The van der Waals surface area contributed by atoms with Crippen LogP contribution < -0.4 is 5.32 Å². The summed E-state index contributed by atoms with van der Waals surface area (Å²) in [6, 6.07) is 18.6. The number of carbonyl (C=O) groups is 3. The Morgan fingerprint density at radius 1 is 0.707 bits per heavy atom. The molecule has 0 unspecified atom stereocenters. The number of allylic oxidation sites excluding steroid dienone is 4. The number of para-hydroxylation sites is 1. The van der Waals surface area contributed by atoms with Crippen molar-refractivity contribution in [2.24, 2.45) is 0 Å². The Balaban J connectivity index is -0.000000573. The Morgan fingerprint density at radius 2 is 1.10 bits per heavy atom. The first kappa shape index (κ1) is 40.0. The Morgan fingerprint density at radius 3 is 1.37 bits per heavy atom. The van der Waals surface area contributed by atoms with Gasteiger partial charge in [0.15, 0.2) is 5.78 Å². The van der Waals surface area contributed by atoms with Crippen LogP contribution in [-0.4, -0.2) is 22.5 Å². The SMILES string of the molecule is C.C.C#C/C(=C(\C)C#C[CH2-])N(C(C)=O)/C(C#C)=C(\C)C#C[CH2-].CC(=O)Nc1ccccc1.CC(=O)c1ccccc1. The van der Waals surface area contributed by atoms with Crippen molar-refractivity contribution in [3.05, 3.63) is 103 Å². The van der Waals surface area contributed by atoms with E-state index in [1.807, 2.05) is 60.7 Å². The molecule has 2 amide bonds. The number of hydrogen-bond acceptors (Lipinski definition) is 3. The first-order chi connectivity index (χ1) is 18.5. The van der Waals surface area contributed by atoms with Gasteiger partial charge in [-0.05, 0) is 32.9 Å². The summed E-state index contributed by atoms with van der Waals surface area (Å²) < 4.78 is 0. The molecular weight excluding hydrogens is 508 g/mol. The molecule has 0 saturated carbocycles. The van der Waals surface area contributed by atoms with E-state index in [1.54, 1.807) is 20.8 Å². The summed E-state index contributed by atoms with van der Waals surface area (Å²) in [6.07, 6.45) is 11.0. The van der Waals surface area contributed by atoms with E-state index in [0.29, 0.717) is 11.1 Å². The van der Waals surface area contributed by atoms with Crippen molar-refractivity contribution in [2.45, 2.75) is 49.5 Å². The van der Waals surface area contributed by atoms with E-state index in [4.69, 9.17) is 12.8 Å². The summed E-state index contributed by atoms with van der Waals surface area (Å²) in [7, 11) is 0. The predicted molar refractivity (Wildman–Crippen MR) is 173 cm³/mol. The van der Waals surface area contributed by atoms with Gasteiger partial charge >= 0.3 is 0 Å². The molecule has 0 radical (unpaired) electrons. The normalized spacial score (nSPS) is 9.54. The average Bonchev–Trinajstić information content (AvgIpc) is 2.90. The minimum absolute atomic E-state index is 0. The Labute approximate surface area is 248 Å². The van der Waals surface area contributed by atoms with Crippen LogP contribution in [0.5, 0.6) is 0 Å². The van der Waals surface area contributed by atoms with Gasteiger partial charge in [-0.25, -0.2) is 0 Å². The highest BCUT2D eigenvalue weighted by atomic mass is 16.2. The molecule has 0 bridgehead atoms. The van der Waals surface area contributed by atoms with E-state index in [9.17, 15) is 14.4 Å². The van der Waals surface area contributed by atoms with E-state index in [0.717, 1.165) is 11.3 Å². The topological polar surface area (TPSA) is 66.5 Å². The number of carbonyl (C=O) groups excluding carboxylic acids is 3. The Kier molecular flexibility index (Phi) is 21.9. The molecule has 0 aliphatic carbocycles. The first-order valence-electron chi connectivity index (χ1n) is 11.6. The maximum atomic E-state index is 11.9. The zero-order chi connectivity index (χ0) is 29.8. The van der Waals surface area contributed by atoms with Crippen LogP contribution in [0.1, 0.15) is 59.8 Å². The van der Waals surface area contributed by atoms with Gasteiger partial charge in [0.25, 0.3) is 0 Å². The third-order valence-corrected chi connectivity index (χ3v) is 4.57. The van der Waals surface area contributed by atoms with Crippen molar-refractivity contribution >= 4 is 23.3 Å². The molecule has 0 aliphatic rings. The molecule has 0 aromatic heterocycles. The monoisotopic (exact) mass is 548 g/mol. The number of Topliss-reactive ketones (excluding diaryl/α,β-unsaturated/α-hetero) is 1. The summed E-state index contributed by atoms with van der Waals surface area (Å²) >= 11 is 0. The minimum atomic E-state index is -0.318. The van der Waals surface area contributed by atoms with Gasteiger partial charge in [0.2, 0.25) is 11.8 Å². The Hall–Kier alpha value is -5.49. The first-order valence-corrected chi connectivity index (χ1v) is 11.6. The minimum Gasteiger partial charge on any atom is -0.326 e. The van der Waals surface area contributed by atoms with Crippen molar-refractivity contribution < 1.29 is 14.4 Å². The summed E-state index contributed by atoms with van der Waals surface area (Å²) in [6.45, 7) is 14.7. The van der Waals surface area contributed by atoms with Gasteiger partial charge in [-0.15, -0.1) is 12.8 Å². The predicted octanol–water partition coefficient (Wildman–Crippen LogP) is 7.13. The number of rotatable bonds is 4. The second-order valence-corrected chi connectivity index (χ2v) is 7.66. The standard InChI is InChI=1S/C18H15NO.C8H9NO.C8H8O.2CH4/c1-8-12-14(5)17(10-3)19(16(7)20)18(11-4)15(6)13-9-2;1-7(10)9-8-5-3-2-4-6-8;1-7(9)8-5-3-2-4-6-8;;/h3-4H,1-2H2,5-7H3;2-6H,1H3,(H,9,10);2-6H,1H3;2*1H4/q-2;;;;/b17-14-,18-15+;;;;. The van der Waals surface area contributed by atoms with Gasteiger partial charge in [-0.1, -0.05) is 86.4 Å². The lowest BCUT2D eigenvalue weighted by Crippen LogP contribution is -2.28. The zero-order valence-electron chi connectivity index (χ0n) is 23.0. The largest absolute Gasteiger partial charge is 0.326 e. The molecule has 5 nitrogen and oxygen atoms in total. The van der Waals surface area contributed by atoms with E-state index >= 15 is 0 Å². The van der Waals surface area contributed by atoms with Gasteiger partial charge < -0.3 is 5.32 Å². The lowest BCUT2D eigenvalue weighted by molar-refractivity contribution is -0.125. The molecular formula is C36H40N2O3-2. The molecule has 41 heavy (non-hydrogen) atoms. The highest BCUT2D eigenvalue weighted by molar-refractivity contribution is 5.93. The van der Waals surface area contributed by atoms with Crippen molar-refractivity contribution in [2.75, 3.05) is 5.32 Å². The fourth-order valence-corrected chi connectivity index (χ4v) is 2.89. The number of anilines is 1. The summed E-state index contributed by atoms with van der Waals surface area (Å²) in [5.74, 6) is 15.1. The number of terminal acetylenes is 2. The number of hydrogen-bond donors (Lipinski definition) is 1. The van der Waals surface area contributed by atoms with Gasteiger partial charge in [0.1, 0.15) is 0 Å². The smallest absolute Gasteiger partial charge is 0.229 e. The van der Waals surface area contributed by atoms with Gasteiger partial charge in [0.05, 0.1) is 11.4 Å². The van der Waals surface area contributed by atoms with Gasteiger partial charge in [-0.2, -0.15) is 13.8 Å². The molecule has 0 aliphatic heterocycles. The van der Waals surface area contributed by atoms with Crippen LogP contribution >= 0.6 is 0 Å². The lowest BCUT2D eigenvalue weighted by atomic mass is 10.1. The van der Waals surface area contributed by atoms with E-state index in [2.05, 4.69) is 54.7 Å². The number of amides is 2. The van der Waals surface area contributed by atoms with E-state index < -0.39 is 0 Å². The number of ketones is 1. The molecule has 214 valence electrons. The molecule has 5 heteroatoms. The molecule has 0 spiro atoms. The maximum Gasteiger partial charge on any atom is 0.229 e. The van der Waals surface area contributed by atoms with Crippen molar-refractivity contribution in [3.63, 3.8) is 0 Å². The van der Waals surface area contributed by atoms with Gasteiger partial charge in [0, 0.05) is 25.1 Å². The highest BCUT2D eigenvalue weighted by Crippen LogP contribution is 2.19. The maximum absolute atomic E-state index is 11.9. The van der Waals surface area contributed by atoms with Crippen LogP contribution in [-0.2, 0) is 9.59 Å². The summed E-state index contributed by atoms with van der Waals surface area (Å²) in [5, 5.41) is 2.67. The second kappa shape index (κ2) is 22.5. The van der Waals surface area contributed by atoms with Crippen molar-refractivity contribution in [1.29, 1.82) is 0 Å². The van der Waals surface area contributed by atoms with Crippen molar-refractivity contribution in [1.82, 2.24) is 4.90 Å². The summed E-state index contributed by atoms with van der Waals surface area (Å²) in [5.41, 5.74) is 3.24. The van der Waals surface area contributed by atoms with Crippen molar-refractivity contribution in [3.8, 4) is 48.4 Å². The molecule has 2 aromatic rings. The van der Waals surface area contributed by atoms with Crippen LogP contribution in [0.15, 0.2) is 83.2 Å². The van der Waals surface area contributed by atoms with Crippen LogP contribution in [0.2, 0.25) is 0 Å².